The Morgan fingerprint density at radius 2 is 2.25 bits per heavy atom. The van der Waals surface area contributed by atoms with E-state index in [1.807, 2.05) is 25.1 Å². The molecule has 7 heteroatoms. The zero-order valence-electron chi connectivity index (χ0n) is 11.3. The van der Waals surface area contributed by atoms with Gasteiger partial charge >= 0.3 is 0 Å². The summed E-state index contributed by atoms with van der Waals surface area (Å²) in [4.78, 5) is 4.20. The van der Waals surface area contributed by atoms with Gasteiger partial charge in [0.05, 0.1) is 13.7 Å². The summed E-state index contributed by atoms with van der Waals surface area (Å²) in [6.45, 7) is 1.82. The second-order valence-electron chi connectivity index (χ2n) is 4.21. The Labute approximate surface area is 119 Å². The zero-order valence-corrected chi connectivity index (χ0v) is 12.1. The Hall–Kier alpha value is -1.73. The van der Waals surface area contributed by atoms with E-state index in [1.54, 1.807) is 7.11 Å². The predicted molar refractivity (Wildman–Crippen MR) is 74.8 cm³/mol. The Balaban J connectivity index is 2.18. The van der Waals surface area contributed by atoms with Crippen LogP contribution in [0.3, 0.4) is 0 Å². The number of aryl methyl sites for hydroxylation is 1. The van der Waals surface area contributed by atoms with E-state index in [0.29, 0.717) is 11.7 Å². The SMILES string of the molecule is COc1cc(-c2noc(CS(=O)CCO)n2)ccc1C. The molecule has 0 amide bonds. The van der Waals surface area contributed by atoms with Crippen LogP contribution < -0.4 is 4.74 Å². The molecule has 0 aliphatic heterocycles. The molecule has 1 unspecified atom stereocenters. The molecule has 0 aliphatic carbocycles. The van der Waals surface area contributed by atoms with Gasteiger partial charge in [0.1, 0.15) is 11.5 Å². The lowest BCUT2D eigenvalue weighted by atomic mass is 10.1. The Bertz CT molecular complexity index is 612. The smallest absolute Gasteiger partial charge is 0.239 e. The number of aromatic nitrogens is 2. The van der Waals surface area contributed by atoms with Gasteiger partial charge in [-0.15, -0.1) is 0 Å². The van der Waals surface area contributed by atoms with Gasteiger partial charge in [0.2, 0.25) is 11.7 Å². The van der Waals surface area contributed by atoms with Crippen molar-refractivity contribution in [1.29, 1.82) is 0 Å². The predicted octanol–water partition coefficient (Wildman–Crippen LogP) is 1.29. The van der Waals surface area contributed by atoms with Gasteiger partial charge in [0.25, 0.3) is 0 Å². The second kappa shape index (κ2) is 6.62. The number of nitrogens with zero attached hydrogens (tertiary/aromatic N) is 2. The first-order valence-electron chi connectivity index (χ1n) is 6.07. The molecule has 0 bridgehead atoms. The standard InChI is InChI=1S/C13H16N2O4S/c1-9-3-4-10(7-11(9)18-2)13-14-12(19-15-13)8-20(17)6-5-16/h3-4,7,16H,5-6,8H2,1-2H3. The quantitative estimate of drug-likeness (QED) is 0.864. The van der Waals surface area contributed by atoms with E-state index in [9.17, 15) is 4.21 Å². The lowest BCUT2D eigenvalue weighted by Gasteiger charge is -2.04. The zero-order chi connectivity index (χ0) is 14.5. The highest BCUT2D eigenvalue weighted by Gasteiger charge is 2.12. The summed E-state index contributed by atoms with van der Waals surface area (Å²) in [7, 11) is 0.408. The third-order valence-corrected chi connectivity index (χ3v) is 3.94. The highest BCUT2D eigenvalue weighted by atomic mass is 32.2. The summed E-state index contributed by atoms with van der Waals surface area (Å²) in [6, 6.07) is 5.61. The van der Waals surface area contributed by atoms with Crippen molar-refractivity contribution in [3.8, 4) is 17.1 Å². The first-order chi connectivity index (χ1) is 9.63. The number of rotatable bonds is 6. The van der Waals surface area contributed by atoms with Crippen LogP contribution in [0.1, 0.15) is 11.5 Å². The summed E-state index contributed by atoms with van der Waals surface area (Å²) in [5.74, 6) is 1.83. The van der Waals surface area contributed by atoms with Crippen molar-refractivity contribution in [3.05, 3.63) is 29.7 Å². The van der Waals surface area contributed by atoms with E-state index in [1.165, 1.54) is 0 Å². The number of ether oxygens (including phenoxy) is 1. The van der Waals surface area contributed by atoms with E-state index in [0.717, 1.165) is 16.9 Å². The van der Waals surface area contributed by atoms with Gasteiger partial charge in [-0.3, -0.25) is 4.21 Å². The van der Waals surface area contributed by atoms with E-state index in [4.69, 9.17) is 14.4 Å². The first kappa shape index (κ1) is 14.7. The van der Waals surface area contributed by atoms with Crippen molar-refractivity contribution in [1.82, 2.24) is 10.1 Å². The fourth-order valence-electron chi connectivity index (χ4n) is 1.70. The molecule has 1 N–H and O–H groups in total. The summed E-state index contributed by atoms with van der Waals surface area (Å²) < 4.78 is 21.8. The first-order valence-corrected chi connectivity index (χ1v) is 7.56. The molecule has 0 aliphatic rings. The van der Waals surface area contributed by atoms with Crippen LogP contribution in [-0.4, -0.2) is 38.9 Å². The maximum absolute atomic E-state index is 11.5. The number of hydrogen-bond donors (Lipinski definition) is 1. The van der Waals surface area contributed by atoms with Crippen molar-refractivity contribution >= 4 is 10.8 Å². The molecule has 0 radical (unpaired) electrons. The fourth-order valence-corrected chi connectivity index (χ4v) is 2.44. The second-order valence-corrected chi connectivity index (χ2v) is 5.78. The third kappa shape index (κ3) is 3.43. The van der Waals surface area contributed by atoms with Crippen LogP contribution in [-0.2, 0) is 16.6 Å². The van der Waals surface area contributed by atoms with Crippen LogP contribution >= 0.6 is 0 Å². The molecular formula is C13H16N2O4S. The number of aliphatic hydroxyl groups is 1. The van der Waals surface area contributed by atoms with Gasteiger partial charge in [-0.05, 0) is 18.6 Å². The molecule has 1 aromatic heterocycles. The number of aliphatic hydroxyl groups excluding tert-OH is 1. The monoisotopic (exact) mass is 296 g/mol. The van der Waals surface area contributed by atoms with Crippen molar-refractivity contribution in [2.24, 2.45) is 0 Å². The maximum Gasteiger partial charge on any atom is 0.239 e. The van der Waals surface area contributed by atoms with E-state index >= 15 is 0 Å². The van der Waals surface area contributed by atoms with E-state index < -0.39 is 10.8 Å². The lowest BCUT2D eigenvalue weighted by Crippen LogP contribution is -2.04. The van der Waals surface area contributed by atoms with Crippen molar-refractivity contribution in [2.75, 3.05) is 19.5 Å². The normalized spacial score (nSPS) is 12.3. The molecule has 2 rings (SSSR count). The van der Waals surface area contributed by atoms with Crippen LogP contribution in [0.4, 0.5) is 0 Å². The Morgan fingerprint density at radius 1 is 1.45 bits per heavy atom. The molecule has 1 atom stereocenters. The highest BCUT2D eigenvalue weighted by Crippen LogP contribution is 2.25. The largest absolute Gasteiger partial charge is 0.496 e. The Morgan fingerprint density at radius 3 is 2.95 bits per heavy atom. The average Bonchev–Trinajstić information content (AvgIpc) is 2.88. The molecule has 0 saturated heterocycles. The Kier molecular flexibility index (Phi) is 4.86. The number of benzene rings is 1. The van der Waals surface area contributed by atoms with Crippen molar-refractivity contribution in [3.63, 3.8) is 0 Å². The average molecular weight is 296 g/mol. The van der Waals surface area contributed by atoms with Crippen LogP contribution in [0.15, 0.2) is 22.7 Å². The summed E-state index contributed by atoms with van der Waals surface area (Å²) >= 11 is 0. The van der Waals surface area contributed by atoms with Crippen LogP contribution in [0.5, 0.6) is 5.75 Å². The topological polar surface area (TPSA) is 85.5 Å². The molecule has 0 saturated carbocycles. The van der Waals surface area contributed by atoms with Crippen molar-refractivity contribution in [2.45, 2.75) is 12.7 Å². The molecule has 108 valence electrons. The van der Waals surface area contributed by atoms with Gasteiger partial charge in [-0.1, -0.05) is 17.3 Å². The highest BCUT2D eigenvalue weighted by molar-refractivity contribution is 7.84. The molecule has 20 heavy (non-hydrogen) atoms. The summed E-state index contributed by atoms with van der Waals surface area (Å²) in [5, 5.41) is 12.6. The molecule has 1 heterocycles. The van der Waals surface area contributed by atoms with E-state index in [-0.39, 0.29) is 18.1 Å². The molecular weight excluding hydrogens is 280 g/mol. The van der Waals surface area contributed by atoms with Gasteiger partial charge in [0.15, 0.2) is 0 Å². The molecule has 0 spiro atoms. The minimum absolute atomic E-state index is 0.122. The van der Waals surface area contributed by atoms with Gasteiger partial charge in [0, 0.05) is 22.1 Å². The minimum atomic E-state index is -1.19. The van der Waals surface area contributed by atoms with Crippen LogP contribution in [0.2, 0.25) is 0 Å². The van der Waals surface area contributed by atoms with Gasteiger partial charge < -0.3 is 14.4 Å². The summed E-state index contributed by atoms with van der Waals surface area (Å²) in [6.07, 6.45) is 0. The van der Waals surface area contributed by atoms with Crippen LogP contribution in [0, 0.1) is 6.92 Å². The minimum Gasteiger partial charge on any atom is -0.496 e. The van der Waals surface area contributed by atoms with Crippen molar-refractivity contribution < 1.29 is 18.6 Å². The summed E-state index contributed by atoms with van der Waals surface area (Å²) in [5.41, 5.74) is 1.79. The lowest BCUT2D eigenvalue weighted by molar-refractivity contribution is 0.321. The van der Waals surface area contributed by atoms with Gasteiger partial charge in [-0.2, -0.15) is 4.98 Å². The number of hydrogen-bond acceptors (Lipinski definition) is 6. The third-order valence-electron chi connectivity index (χ3n) is 2.74. The maximum atomic E-state index is 11.5. The van der Waals surface area contributed by atoms with E-state index in [2.05, 4.69) is 10.1 Å². The molecule has 6 nitrogen and oxygen atoms in total. The molecule has 1 aromatic carbocycles. The number of methoxy groups -OCH3 is 1. The molecule has 2 aromatic rings. The molecule has 0 fully saturated rings. The van der Waals surface area contributed by atoms with Crippen LogP contribution in [0.25, 0.3) is 11.4 Å². The van der Waals surface area contributed by atoms with Gasteiger partial charge in [-0.25, -0.2) is 0 Å². The fraction of sp³-hybridized carbons (Fsp3) is 0.385.